The molecule has 0 saturated carbocycles. The van der Waals surface area contributed by atoms with Crippen molar-refractivity contribution < 1.29 is 4.79 Å². The van der Waals surface area contributed by atoms with Crippen molar-refractivity contribution in [2.24, 2.45) is 0 Å². The zero-order valence-electron chi connectivity index (χ0n) is 14.7. The van der Waals surface area contributed by atoms with Crippen LogP contribution in [0.4, 0.5) is 11.4 Å². The van der Waals surface area contributed by atoms with Gasteiger partial charge in [-0.05, 0) is 103 Å². The summed E-state index contributed by atoms with van der Waals surface area (Å²) in [6.07, 6.45) is 3.80. The largest absolute Gasteiger partial charge is 0.369 e. The van der Waals surface area contributed by atoms with E-state index in [0.717, 1.165) is 15.8 Å². The van der Waals surface area contributed by atoms with Gasteiger partial charge in [0.15, 0.2) is 5.11 Å². The summed E-state index contributed by atoms with van der Waals surface area (Å²) in [5.41, 5.74) is 2.69. The van der Waals surface area contributed by atoms with Crippen LogP contribution < -0.4 is 15.5 Å². The maximum atomic E-state index is 12.2. The lowest BCUT2D eigenvalue weighted by molar-refractivity contribution is 0.0977. The van der Waals surface area contributed by atoms with E-state index in [1.165, 1.54) is 24.9 Å². The summed E-state index contributed by atoms with van der Waals surface area (Å²) < 4.78 is 1.01. The van der Waals surface area contributed by atoms with Gasteiger partial charge in [-0.15, -0.1) is 0 Å². The molecule has 1 amide bonds. The molecule has 2 aromatic rings. The van der Waals surface area contributed by atoms with Crippen LogP contribution >= 0.6 is 34.8 Å². The summed E-state index contributed by atoms with van der Waals surface area (Å²) in [6.45, 7) is 3.39. The average Bonchev–Trinajstić information content (AvgIpc) is 2.63. The second kappa shape index (κ2) is 8.81. The highest BCUT2D eigenvalue weighted by Crippen LogP contribution is 2.25. The van der Waals surface area contributed by atoms with Gasteiger partial charge >= 0.3 is 0 Å². The van der Waals surface area contributed by atoms with Crippen LogP contribution in [0.5, 0.6) is 0 Å². The van der Waals surface area contributed by atoms with Gasteiger partial charge in [-0.1, -0.05) is 6.07 Å². The first-order valence-electron chi connectivity index (χ1n) is 8.77. The number of piperidine rings is 1. The number of carbonyl (C=O) groups excluding carboxylic acids is 1. The van der Waals surface area contributed by atoms with Gasteiger partial charge in [0.1, 0.15) is 0 Å². The third kappa shape index (κ3) is 4.94. The first kappa shape index (κ1) is 19.1. The molecule has 1 saturated heterocycles. The molecule has 6 heteroatoms. The Bertz CT molecular complexity index is 794. The molecule has 0 spiro atoms. The molecule has 0 bridgehead atoms. The summed E-state index contributed by atoms with van der Waals surface area (Å²) in [6, 6.07) is 16.2. The van der Waals surface area contributed by atoms with Gasteiger partial charge < -0.3 is 10.2 Å². The molecule has 2 N–H and O–H groups in total. The first-order chi connectivity index (χ1) is 12.5. The highest BCUT2D eigenvalue weighted by molar-refractivity contribution is 14.1. The van der Waals surface area contributed by atoms with E-state index in [1.54, 1.807) is 6.07 Å². The Balaban J connectivity index is 1.58. The normalized spacial score (nSPS) is 16.8. The molecule has 0 aromatic heterocycles. The number of hydrogen-bond donors (Lipinski definition) is 2. The van der Waals surface area contributed by atoms with Gasteiger partial charge in [0.2, 0.25) is 0 Å². The summed E-state index contributed by atoms with van der Waals surface area (Å²) in [4.78, 5) is 14.7. The Labute approximate surface area is 173 Å². The smallest absolute Gasteiger partial charge is 0.257 e. The van der Waals surface area contributed by atoms with Crippen LogP contribution in [0.2, 0.25) is 0 Å². The van der Waals surface area contributed by atoms with Crippen molar-refractivity contribution in [1.82, 2.24) is 5.32 Å². The zero-order chi connectivity index (χ0) is 18.5. The molecule has 1 heterocycles. The number of halogens is 1. The van der Waals surface area contributed by atoms with E-state index in [0.29, 0.717) is 16.7 Å². The molecule has 1 atom stereocenters. The summed E-state index contributed by atoms with van der Waals surface area (Å²) in [5.74, 6) is -0.209. The van der Waals surface area contributed by atoms with Gasteiger partial charge in [-0.25, -0.2) is 0 Å². The van der Waals surface area contributed by atoms with Gasteiger partial charge in [-0.3, -0.25) is 10.1 Å². The average molecular weight is 479 g/mol. The van der Waals surface area contributed by atoms with E-state index in [1.807, 2.05) is 30.3 Å². The summed E-state index contributed by atoms with van der Waals surface area (Å²) in [5, 5.41) is 6.10. The molecule has 26 heavy (non-hydrogen) atoms. The van der Waals surface area contributed by atoms with E-state index >= 15 is 0 Å². The molecule has 0 aliphatic carbocycles. The number of benzene rings is 2. The maximum absolute atomic E-state index is 12.2. The van der Waals surface area contributed by atoms with Crippen LogP contribution in [0.15, 0.2) is 48.5 Å². The first-order valence-corrected chi connectivity index (χ1v) is 10.3. The zero-order valence-corrected chi connectivity index (χ0v) is 17.6. The van der Waals surface area contributed by atoms with E-state index in [9.17, 15) is 4.79 Å². The fourth-order valence-corrected chi connectivity index (χ4v) is 3.94. The highest BCUT2D eigenvalue weighted by Gasteiger charge is 2.18. The van der Waals surface area contributed by atoms with Gasteiger partial charge in [-0.2, -0.15) is 0 Å². The monoisotopic (exact) mass is 479 g/mol. The summed E-state index contributed by atoms with van der Waals surface area (Å²) >= 11 is 7.45. The van der Waals surface area contributed by atoms with Crippen LogP contribution in [0.1, 0.15) is 36.5 Å². The Kier molecular flexibility index (Phi) is 6.48. The maximum Gasteiger partial charge on any atom is 0.257 e. The Morgan fingerprint density at radius 3 is 2.65 bits per heavy atom. The van der Waals surface area contributed by atoms with Gasteiger partial charge in [0, 0.05) is 33.1 Å². The third-order valence-electron chi connectivity index (χ3n) is 4.57. The highest BCUT2D eigenvalue weighted by atomic mass is 127. The van der Waals surface area contributed by atoms with Crippen LogP contribution in [0.25, 0.3) is 0 Å². The molecule has 1 unspecified atom stereocenters. The number of nitrogens with zero attached hydrogens (tertiary/aromatic N) is 1. The fraction of sp³-hybridized carbons (Fsp3) is 0.300. The van der Waals surface area contributed by atoms with Crippen molar-refractivity contribution in [3.8, 4) is 0 Å². The molecule has 3 rings (SSSR count). The van der Waals surface area contributed by atoms with E-state index in [-0.39, 0.29) is 5.91 Å². The molecule has 0 radical (unpaired) electrons. The van der Waals surface area contributed by atoms with Crippen LogP contribution in [0, 0.1) is 3.57 Å². The second-order valence-corrected chi connectivity index (χ2v) is 8.16. The number of hydrogen-bond acceptors (Lipinski definition) is 3. The number of carbonyl (C=O) groups is 1. The standard InChI is InChI=1S/C20H22IN3OS/c1-14-5-2-3-12-24(14)18-10-8-17(9-11-18)22-20(26)23-19(25)15-6-4-7-16(21)13-15/h4,6-11,13-14H,2-3,5,12H2,1H3,(H2,22,23,25,26). The van der Waals surface area contributed by atoms with Crippen LogP contribution in [0.3, 0.4) is 0 Å². The number of rotatable bonds is 3. The SMILES string of the molecule is CC1CCCCN1c1ccc(NC(=S)NC(=O)c2cccc(I)c2)cc1. The van der Waals surface area contributed by atoms with Crippen LogP contribution in [-0.2, 0) is 0 Å². The second-order valence-electron chi connectivity index (χ2n) is 6.50. The Morgan fingerprint density at radius 2 is 1.96 bits per heavy atom. The van der Waals surface area contributed by atoms with Gasteiger partial charge in [0.05, 0.1) is 0 Å². The van der Waals surface area contributed by atoms with Crippen LogP contribution in [-0.4, -0.2) is 23.6 Å². The molecule has 2 aromatic carbocycles. The van der Waals surface area contributed by atoms with E-state index in [4.69, 9.17) is 12.2 Å². The van der Waals surface area contributed by atoms with Crippen molar-refractivity contribution in [2.75, 3.05) is 16.8 Å². The Hall–Kier alpha value is -1.67. The number of nitrogens with one attached hydrogen (secondary N) is 2. The lowest BCUT2D eigenvalue weighted by Gasteiger charge is -2.35. The fourth-order valence-electron chi connectivity index (χ4n) is 3.19. The van der Waals surface area contributed by atoms with Crippen molar-refractivity contribution in [1.29, 1.82) is 0 Å². The molecule has 1 aliphatic rings. The van der Waals surface area contributed by atoms with E-state index < -0.39 is 0 Å². The molecule has 1 fully saturated rings. The van der Waals surface area contributed by atoms with Crippen molar-refractivity contribution in [3.05, 3.63) is 57.7 Å². The minimum atomic E-state index is -0.209. The lowest BCUT2D eigenvalue weighted by atomic mass is 10.0. The molecular weight excluding hydrogens is 457 g/mol. The van der Waals surface area contributed by atoms with E-state index in [2.05, 4.69) is 57.2 Å². The predicted octanol–water partition coefficient (Wildman–Crippen LogP) is 4.80. The van der Waals surface area contributed by atoms with Crippen molar-refractivity contribution in [2.45, 2.75) is 32.2 Å². The minimum Gasteiger partial charge on any atom is -0.369 e. The minimum absolute atomic E-state index is 0.209. The number of anilines is 2. The third-order valence-corrected chi connectivity index (χ3v) is 5.45. The predicted molar refractivity (Wildman–Crippen MR) is 120 cm³/mol. The van der Waals surface area contributed by atoms with Gasteiger partial charge in [0.25, 0.3) is 5.91 Å². The topological polar surface area (TPSA) is 44.4 Å². The lowest BCUT2D eigenvalue weighted by Crippen LogP contribution is -2.37. The number of amides is 1. The summed E-state index contributed by atoms with van der Waals surface area (Å²) in [7, 11) is 0. The van der Waals surface area contributed by atoms with Crippen molar-refractivity contribution in [3.63, 3.8) is 0 Å². The quantitative estimate of drug-likeness (QED) is 0.491. The molecule has 4 nitrogen and oxygen atoms in total. The number of thiocarbonyl (C=S) groups is 1. The Morgan fingerprint density at radius 1 is 1.19 bits per heavy atom. The molecule has 1 aliphatic heterocycles. The van der Waals surface area contributed by atoms with Crippen molar-refractivity contribution >= 4 is 57.2 Å². The molecular formula is C20H22IN3OS. The molecule has 136 valence electrons.